The van der Waals surface area contributed by atoms with Crippen LogP contribution >= 0.6 is 0 Å². The van der Waals surface area contributed by atoms with E-state index < -0.39 is 22.6 Å². The van der Waals surface area contributed by atoms with Gasteiger partial charge in [0.15, 0.2) is 6.61 Å². The molecule has 0 aliphatic carbocycles. The molecule has 0 saturated carbocycles. The van der Waals surface area contributed by atoms with E-state index in [1.165, 1.54) is 12.1 Å². The minimum absolute atomic E-state index is 0.00560. The molecule has 1 atom stereocenters. The first-order valence-corrected chi connectivity index (χ1v) is 6.21. The van der Waals surface area contributed by atoms with Crippen LogP contribution in [-0.2, 0) is 23.8 Å². The summed E-state index contributed by atoms with van der Waals surface area (Å²) in [6.07, 6.45) is -2.15. The summed E-state index contributed by atoms with van der Waals surface area (Å²) in [5.41, 5.74) is 0.930. The Hall–Kier alpha value is -1.60. The van der Waals surface area contributed by atoms with Gasteiger partial charge in [-0.05, 0) is 19.1 Å². The number of ether oxygens (including phenoxy) is 2. The van der Waals surface area contributed by atoms with Crippen molar-refractivity contribution in [3.63, 3.8) is 0 Å². The van der Waals surface area contributed by atoms with Crippen molar-refractivity contribution in [1.82, 2.24) is 0 Å². The first-order valence-electron chi connectivity index (χ1n) is 4.81. The van der Waals surface area contributed by atoms with E-state index >= 15 is 0 Å². The number of cyclic esters (lactones) is 2. The number of hydrogen-bond acceptors (Lipinski definition) is 6. The molecule has 2 rings (SSSR count). The fraction of sp³-hybridized carbons (Fsp3) is 0.300. The molecule has 1 unspecified atom stereocenters. The second-order valence-corrected chi connectivity index (χ2v) is 5.04. The van der Waals surface area contributed by atoms with Gasteiger partial charge in [0.05, 0.1) is 4.90 Å². The van der Waals surface area contributed by atoms with E-state index in [2.05, 4.69) is 9.47 Å². The van der Waals surface area contributed by atoms with Crippen molar-refractivity contribution < 1.29 is 26.9 Å². The summed E-state index contributed by atoms with van der Waals surface area (Å²) in [5, 5.41) is 0. The van der Waals surface area contributed by atoms with Gasteiger partial charge in [0.2, 0.25) is 0 Å². The van der Waals surface area contributed by atoms with Crippen molar-refractivity contribution in [2.75, 3.05) is 6.61 Å². The van der Waals surface area contributed by atoms with Crippen molar-refractivity contribution in [1.29, 1.82) is 0 Å². The summed E-state index contributed by atoms with van der Waals surface area (Å²) >= 11 is 0. The molecule has 0 amide bonds. The van der Waals surface area contributed by atoms with Gasteiger partial charge in [0.1, 0.15) is 0 Å². The zero-order valence-corrected chi connectivity index (χ0v) is 9.77. The smallest absolute Gasteiger partial charge is 0.427 e. The van der Waals surface area contributed by atoms with Gasteiger partial charge >= 0.3 is 6.16 Å². The van der Waals surface area contributed by atoms with Crippen molar-refractivity contribution in [2.45, 2.75) is 18.1 Å². The monoisotopic (exact) mass is 258 g/mol. The molecule has 92 valence electrons. The Morgan fingerprint density at radius 3 is 2.47 bits per heavy atom. The molecule has 1 aromatic carbocycles. The largest absolute Gasteiger partial charge is 0.510 e. The van der Waals surface area contributed by atoms with Gasteiger partial charge in [-0.1, -0.05) is 17.7 Å². The van der Waals surface area contributed by atoms with Crippen molar-refractivity contribution in [3.8, 4) is 0 Å². The number of hydrogen-bond donors (Lipinski definition) is 0. The van der Waals surface area contributed by atoms with Crippen LogP contribution in [0, 0.1) is 6.92 Å². The van der Waals surface area contributed by atoms with Gasteiger partial charge < -0.3 is 9.47 Å². The van der Waals surface area contributed by atoms with Gasteiger partial charge in [-0.3, -0.25) is 0 Å². The third-order valence-corrected chi connectivity index (χ3v) is 3.43. The maximum Gasteiger partial charge on any atom is 0.510 e. The Morgan fingerprint density at radius 2 is 1.94 bits per heavy atom. The third kappa shape index (κ3) is 2.75. The molecule has 0 spiro atoms. The molecular weight excluding hydrogens is 248 g/mol. The number of carbonyl (C=O) groups is 1. The second-order valence-electron chi connectivity index (χ2n) is 3.47. The molecule has 7 heteroatoms. The lowest BCUT2D eigenvalue weighted by Crippen LogP contribution is -2.20. The van der Waals surface area contributed by atoms with E-state index in [1.807, 2.05) is 6.92 Å². The number of carbonyl (C=O) groups excluding carboxylic acids is 1. The number of aryl methyl sites for hydroxylation is 1. The van der Waals surface area contributed by atoms with Gasteiger partial charge in [-0.2, -0.15) is 8.42 Å². The highest BCUT2D eigenvalue weighted by Crippen LogP contribution is 2.18. The van der Waals surface area contributed by atoms with Crippen LogP contribution in [0.5, 0.6) is 0 Å². The highest BCUT2D eigenvalue weighted by molar-refractivity contribution is 7.86. The predicted molar refractivity (Wildman–Crippen MR) is 55.7 cm³/mol. The van der Waals surface area contributed by atoms with Crippen molar-refractivity contribution >= 4 is 16.3 Å². The van der Waals surface area contributed by atoms with Gasteiger partial charge in [-0.25, -0.2) is 8.98 Å². The average molecular weight is 258 g/mol. The Balaban J connectivity index is 2.14. The van der Waals surface area contributed by atoms with Crippen LogP contribution in [-0.4, -0.2) is 27.5 Å². The number of rotatable bonds is 3. The number of benzene rings is 1. The summed E-state index contributed by atoms with van der Waals surface area (Å²) in [4.78, 5) is 10.6. The van der Waals surface area contributed by atoms with E-state index in [0.29, 0.717) is 0 Å². The minimum atomic E-state index is -3.94. The highest BCUT2D eigenvalue weighted by Gasteiger charge is 2.31. The summed E-state index contributed by atoms with van der Waals surface area (Å²) < 4.78 is 37.1. The van der Waals surface area contributed by atoms with E-state index in [-0.39, 0.29) is 11.5 Å². The second kappa shape index (κ2) is 4.34. The lowest BCUT2D eigenvalue weighted by Gasteiger charge is -2.08. The fourth-order valence-corrected chi connectivity index (χ4v) is 2.22. The minimum Gasteiger partial charge on any atom is -0.427 e. The molecule has 0 bridgehead atoms. The van der Waals surface area contributed by atoms with Crippen LogP contribution in [0.2, 0.25) is 0 Å². The van der Waals surface area contributed by atoms with E-state index in [4.69, 9.17) is 4.18 Å². The molecule has 1 aliphatic rings. The maximum atomic E-state index is 11.7. The lowest BCUT2D eigenvalue weighted by atomic mass is 10.2. The molecule has 1 aliphatic heterocycles. The van der Waals surface area contributed by atoms with Crippen molar-refractivity contribution in [3.05, 3.63) is 29.8 Å². The van der Waals surface area contributed by atoms with E-state index in [9.17, 15) is 13.2 Å². The fourth-order valence-electron chi connectivity index (χ4n) is 1.26. The van der Waals surface area contributed by atoms with Crippen LogP contribution in [0.1, 0.15) is 5.56 Å². The summed E-state index contributed by atoms with van der Waals surface area (Å²) in [6, 6.07) is 6.13. The van der Waals surface area contributed by atoms with Crippen LogP contribution in [0.15, 0.2) is 29.2 Å². The topological polar surface area (TPSA) is 78.9 Å². The third-order valence-electron chi connectivity index (χ3n) is 2.11. The molecule has 0 radical (unpaired) electrons. The SMILES string of the molecule is Cc1ccc(S(=O)(=O)OC2COC(=O)O2)cc1. The van der Waals surface area contributed by atoms with Crippen LogP contribution in [0.4, 0.5) is 4.79 Å². The summed E-state index contributed by atoms with van der Waals surface area (Å²) in [7, 11) is -3.94. The molecule has 0 aromatic heterocycles. The molecule has 6 nitrogen and oxygen atoms in total. The predicted octanol–water partition coefficient (Wildman–Crippen LogP) is 1.19. The highest BCUT2D eigenvalue weighted by atomic mass is 32.2. The molecule has 1 fully saturated rings. The normalized spacial score (nSPS) is 19.8. The molecule has 0 N–H and O–H groups in total. The summed E-state index contributed by atoms with van der Waals surface area (Å²) in [5.74, 6) is 0. The van der Waals surface area contributed by atoms with E-state index in [0.717, 1.165) is 5.56 Å². The Bertz CT molecular complexity index is 518. The van der Waals surface area contributed by atoms with E-state index in [1.54, 1.807) is 12.1 Å². The Labute approximate surface area is 98.2 Å². The van der Waals surface area contributed by atoms with Gasteiger partial charge in [-0.15, -0.1) is 0 Å². The molecule has 1 saturated heterocycles. The first-order chi connectivity index (χ1) is 7.97. The average Bonchev–Trinajstić information content (AvgIpc) is 2.63. The molecule has 17 heavy (non-hydrogen) atoms. The summed E-state index contributed by atoms with van der Waals surface area (Å²) in [6.45, 7) is 1.60. The first kappa shape index (κ1) is 11.9. The van der Waals surface area contributed by atoms with Gasteiger partial charge in [0.25, 0.3) is 16.4 Å². The molecule has 1 heterocycles. The zero-order valence-electron chi connectivity index (χ0n) is 8.95. The zero-order chi connectivity index (χ0) is 12.5. The van der Waals surface area contributed by atoms with Crippen LogP contribution in [0.3, 0.4) is 0 Å². The Kier molecular flexibility index (Phi) is 3.03. The molecule has 1 aromatic rings. The van der Waals surface area contributed by atoms with Crippen molar-refractivity contribution in [2.24, 2.45) is 0 Å². The van der Waals surface area contributed by atoms with Gasteiger partial charge in [0, 0.05) is 0 Å². The van der Waals surface area contributed by atoms with Crippen LogP contribution < -0.4 is 0 Å². The van der Waals surface area contributed by atoms with Crippen LogP contribution in [0.25, 0.3) is 0 Å². The lowest BCUT2D eigenvalue weighted by molar-refractivity contribution is 0.0103. The molecular formula is C10H10O6S. The Morgan fingerprint density at radius 1 is 1.29 bits per heavy atom. The quantitative estimate of drug-likeness (QED) is 0.598. The standard InChI is InChI=1S/C10H10O6S/c1-7-2-4-8(5-3-7)17(12,13)16-9-6-14-10(11)15-9/h2-5,9H,6H2,1H3. The maximum absolute atomic E-state index is 11.7.